The molecule has 1 aromatic rings. The Morgan fingerprint density at radius 3 is 2.55 bits per heavy atom. The van der Waals surface area contributed by atoms with E-state index in [1.807, 2.05) is 7.05 Å². The van der Waals surface area contributed by atoms with Gasteiger partial charge in [0.25, 0.3) is 0 Å². The van der Waals surface area contributed by atoms with Crippen LogP contribution in [0.2, 0.25) is 0 Å². The lowest BCUT2D eigenvalue weighted by molar-refractivity contribution is -0.142. The van der Waals surface area contributed by atoms with E-state index in [2.05, 4.69) is 40.1 Å². The lowest BCUT2D eigenvalue weighted by atomic mass is 10.0. The summed E-state index contributed by atoms with van der Waals surface area (Å²) < 4.78 is 4.72. The van der Waals surface area contributed by atoms with Gasteiger partial charge in [-0.15, -0.1) is 0 Å². The number of benzene rings is 1. The molecule has 0 spiro atoms. The van der Waals surface area contributed by atoms with Gasteiger partial charge in [-0.2, -0.15) is 0 Å². The molecule has 20 heavy (non-hydrogen) atoms. The Hall–Kier alpha value is -1.39. The van der Waals surface area contributed by atoms with Crippen LogP contribution in [0.4, 0.5) is 0 Å². The van der Waals surface area contributed by atoms with Gasteiger partial charge in [0.2, 0.25) is 0 Å². The highest BCUT2D eigenvalue weighted by Crippen LogP contribution is 2.17. The van der Waals surface area contributed by atoms with E-state index in [4.69, 9.17) is 4.74 Å². The van der Waals surface area contributed by atoms with Crippen molar-refractivity contribution in [2.75, 3.05) is 33.8 Å². The lowest BCUT2D eigenvalue weighted by Gasteiger charge is -2.36. The number of esters is 1. The van der Waals surface area contributed by atoms with Gasteiger partial charge in [-0.25, -0.2) is 0 Å². The fourth-order valence-corrected chi connectivity index (χ4v) is 2.76. The molecule has 1 heterocycles. The summed E-state index contributed by atoms with van der Waals surface area (Å²) in [5, 5.41) is 0. The minimum atomic E-state index is -0.154. The van der Waals surface area contributed by atoms with Crippen molar-refractivity contribution >= 4 is 5.97 Å². The minimum Gasteiger partial charge on any atom is -0.468 e. The van der Waals surface area contributed by atoms with E-state index in [0.29, 0.717) is 12.6 Å². The van der Waals surface area contributed by atoms with Gasteiger partial charge in [-0.1, -0.05) is 30.3 Å². The average molecular weight is 276 g/mol. The highest BCUT2D eigenvalue weighted by atomic mass is 16.5. The maximum absolute atomic E-state index is 11.3. The second-order valence-corrected chi connectivity index (χ2v) is 5.48. The molecule has 1 aromatic carbocycles. The Labute approximate surface area is 121 Å². The quantitative estimate of drug-likeness (QED) is 0.767. The van der Waals surface area contributed by atoms with Crippen molar-refractivity contribution in [3.8, 4) is 0 Å². The van der Waals surface area contributed by atoms with Crippen molar-refractivity contribution in [2.24, 2.45) is 0 Å². The normalized spacial score (nSPS) is 17.4. The van der Waals surface area contributed by atoms with E-state index < -0.39 is 0 Å². The van der Waals surface area contributed by atoms with Crippen LogP contribution in [0.25, 0.3) is 0 Å². The van der Waals surface area contributed by atoms with Gasteiger partial charge in [-0.05, 0) is 38.5 Å². The number of hydrogen-bond donors (Lipinski definition) is 0. The molecule has 1 saturated heterocycles. The Balaban J connectivity index is 1.76. The topological polar surface area (TPSA) is 32.8 Å². The van der Waals surface area contributed by atoms with Crippen LogP contribution in [0.3, 0.4) is 0 Å². The van der Waals surface area contributed by atoms with E-state index in [1.165, 1.54) is 12.7 Å². The van der Waals surface area contributed by atoms with Crippen LogP contribution in [-0.2, 0) is 16.1 Å². The molecule has 0 amide bonds. The van der Waals surface area contributed by atoms with Gasteiger partial charge in [0, 0.05) is 12.6 Å². The molecule has 0 atom stereocenters. The first kappa shape index (κ1) is 15.0. The summed E-state index contributed by atoms with van der Waals surface area (Å²) in [6.07, 6.45) is 2.22. The number of likely N-dealkylation sites (N-methyl/N-ethyl adjacent to an activating group) is 1. The van der Waals surface area contributed by atoms with Crippen LogP contribution in [0.1, 0.15) is 18.4 Å². The highest BCUT2D eigenvalue weighted by molar-refractivity contribution is 5.71. The number of ether oxygens (including phenoxy) is 1. The molecule has 2 rings (SSSR count). The highest BCUT2D eigenvalue weighted by Gasteiger charge is 2.23. The fraction of sp³-hybridized carbons (Fsp3) is 0.562. The van der Waals surface area contributed by atoms with Crippen LogP contribution in [0, 0.1) is 0 Å². The zero-order valence-corrected chi connectivity index (χ0v) is 12.4. The zero-order chi connectivity index (χ0) is 14.4. The number of hydrogen-bond acceptors (Lipinski definition) is 4. The Bertz CT molecular complexity index is 414. The molecular weight excluding hydrogens is 252 g/mol. The number of rotatable bonds is 5. The second kappa shape index (κ2) is 7.41. The standard InChI is InChI=1S/C16H24N2O2/c1-17(13-16(19)20-2)15-8-10-18(11-9-15)12-14-6-4-3-5-7-14/h3-7,15H,8-13H2,1-2H3. The van der Waals surface area contributed by atoms with Crippen LogP contribution >= 0.6 is 0 Å². The van der Waals surface area contributed by atoms with E-state index in [1.54, 1.807) is 0 Å². The number of nitrogens with zero attached hydrogens (tertiary/aromatic N) is 2. The van der Waals surface area contributed by atoms with E-state index in [9.17, 15) is 4.79 Å². The van der Waals surface area contributed by atoms with Crippen molar-refractivity contribution in [1.82, 2.24) is 9.80 Å². The summed E-state index contributed by atoms with van der Waals surface area (Å²) in [6.45, 7) is 3.59. The summed E-state index contributed by atoms with van der Waals surface area (Å²) in [5.74, 6) is -0.154. The monoisotopic (exact) mass is 276 g/mol. The largest absolute Gasteiger partial charge is 0.468 e. The summed E-state index contributed by atoms with van der Waals surface area (Å²) >= 11 is 0. The fourth-order valence-electron chi connectivity index (χ4n) is 2.76. The van der Waals surface area contributed by atoms with Gasteiger partial charge in [0.05, 0.1) is 13.7 Å². The van der Waals surface area contributed by atoms with Crippen molar-refractivity contribution in [1.29, 1.82) is 0 Å². The number of carbonyl (C=O) groups excluding carboxylic acids is 1. The van der Waals surface area contributed by atoms with E-state index in [-0.39, 0.29) is 5.97 Å². The maximum Gasteiger partial charge on any atom is 0.319 e. The average Bonchev–Trinajstić information content (AvgIpc) is 2.49. The first-order chi connectivity index (χ1) is 9.69. The van der Waals surface area contributed by atoms with Crippen LogP contribution < -0.4 is 0 Å². The summed E-state index contributed by atoms with van der Waals surface area (Å²) in [6, 6.07) is 11.1. The van der Waals surface area contributed by atoms with Crippen molar-refractivity contribution in [2.45, 2.75) is 25.4 Å². The first-order valence-electron chi connectivity index (χ1n) is 7.22. The van der Waals surface area contributed by atoms with Gasteiger partial charge >= 0.3 is 5.97 Å². The predicted octanol–water partition coefficient (Wildman–Crippen LogP) is 1.76. The first-order valence-corrected chi connectivity index (χ1v) is 7.22. The maximum atomic E-state index is 11.3. The molecule has 0 radical (unpaired) electrons. The molecule has 0 N–H and O–H groups in total. The predicted molar refractivity (Wildman–Crippen MR) is 79.4 cm³/mol. The number of methoxy groups -OCH3 is 1. The summed E-state index contributed by atoms with van der Waals surface area (Å²) in [7, 11) is 3.45. The molecule has 1 aliphatic rings. The third-order valence-corrected chi connectivity index (χ3v) is 4.04. The van der Waals surface area contributed by atoms with Crippen molar-refractivity contribution in [3.05, 3.63) is 35.9 Å². The zero-order valence-electron chi connectivity index (χ0n) is 12.4. The Kier molecular flexibility index (Phi) is 5.56. The molecule has 1 fully saturated rings. The number of likely N-dealkylation sites (tertiary alicyclic amines) is 1. The molecule has 0 bridgehead atoms. The molecule has 0 saturated carbocycles. The molecule has 110 valence electrons. The van der Waals surface area contributed by atoms with Crippen LogP contribution in [0.15, 0.2) is 30.3 Å². The molecule has 1 aliphatic heterocycles. The molecule has 4 nitrogen and oxygen atoms in total. The third kappa shape index (κ3) is 4.32. The van der Waals surface area contributed by atoms with Crippen molar-refractivity contribution < 1.29 is 9.53 Å². The van der Waals surface area contributed by atoms with Gasteiger partial charge in [0.1, 0.15) is 0 Å². The van der Waals surface area contributed by atoms with E-state index in [0.717, 1.165) is 32.5 Å². The van der Waals surface area contributed by atoms with Crippen LogP contribution in [0.5, 0.6) is 0 Å². The molecule has 4 heteroatoms. The third-order valence-electron chi connectivity index (χ3n) is 4.04. The van der Waals surface area contributed by atoms with E-state index >= 15 is 0 Å². The molecule has 0 aliphatic carbocycles. The molecule has 0 aromatic heterocycles. The van der Waals surface area contributed by atoms with Gasteiger partial charge < -0.3 is 4.74 Å². The minimum absolute atomic E-state index is 0.154. The van der Waals surface area contributed by atoms with Crippen LogP contribution in [-0.4, -0.2) is 55.6 Å². The second-order valence-electron chi connectivity index (χ2n) is 5.48. The Morgan fingerprint density at radius 2 is 1.95 bits per heavy atom. The lowest BCUT2D eigenvalue weighted by Crippen LogP contribution is -2.44. The summed E-state index contributed by atoms with van der Waals surface area (Å²) in [5.41, 5.74) is 1.37. The number of carbonyl (C=O) groups is 1. The smallest absolute Gasteiger partial charge is 0.319 e. The SMILES string of the molecule is COC(=O)CN(C)C1CCN(Cc2ccccc2)CC1. The summed E-state index contributed by atoms with van der Waals surface area (Å²) in [4.78, 5) is 15.9. The molecular formula is C16H24N2O2. The van der Waals surface area contributed by atoms with Gasteiger partial charge in [-0.3, -0.25) is 14.6 Å². The van der Waals surface area contributed by atoms with Crippen molar-refractivity contribution in [3.63, 3.8) is 0 Å². The van der Waals surface area contributed by atoms with Gasteiger partial charge in [0.15, 0.2) is 0 Å². The Morgan fingerprint density at radius 1 is 1.30 bits per heavy atom. The number of piperidine rings is 1. The molecule has 0 unspecified atom stereocenters.